The van der Waals surface area contributed by atoms with Gasteiger partial charge in [-0.15, -0.1) is 0 Å². The normalized spacial score (nSPS) is 27.2. The van der Waals surface area contributed by atoms with Crippen LogP contribution >= 0.6 is 0 Å². The number of hydrogen-bond donors (Lipinski definition) is 3. The molecule has 0 radical (unpaired) electrons. The molecule has 0 spiro atoms. The molecule has 1 aliphatic heterocycles. The van der Waals surface area contributed by atoms with Gasteiger partial charge in [-0.2, -0.15) is 4.98 Å². The summed E-state index contributed by atoms with van der Waals surface area (Å²) in [6.07, 6.45) is 1.55. The molecule has 8 nitrogen and oxygen atoms in total. The van der Waals surface area contributed by atoms with E-state index in [0.717, 1.165) is 6.42 Å². The summed E-state index contributed by atoms with van der Waals surface area (Å²) in [5.74, 6) is 0.0323. The van der Waals surface area contributed by atoms with Crippen LogP contribution < -0.4 is 11.3 Å². The van der Waals surface area contributed by atoms with Gasteiger partial charge in [0.25, 0.3) is 5.56 Å². The van der Waals surface area contributed by atoms with E-state index in [1.165, 1.54) is 6.33 Å². The van der Waals surface area contributed by atoms with Crippen molar-refractivity contribution in [3.8, 4) is 0 Å². The third-order valence-electron chi connectivity index (χ3n) is 3.37. The van der Waals surface area contributed by atoms with E-state index < -0.39 is 6.10 Å². The van der Waals surface area contributed by atoms with E-state index in [4.69, 9.17) is 10.5 Å². The minimum absolute atomic E-state index is 0.0323. The minimum atomic E-state index is -0.521. The highest BCUT2D eigenvalue weighted by molar-refractivity contribution is 5.70. The Balaban J connectivity index is 2.05. The highest BCUT2D eigenvalue weighted by Gasteiger charge is 2.34. The summed E-state index contributed by atoms with van der Waals surface area (Å²) in [5, 5.41) is 9.87. The fraction of sp³-hybridized carbons (Fsp3) is 0.545. The number of nitrogens with two attached hydrogens (primary N) is 1. The second-order valence-corrected chi connectivity index (χ2v) is 4.62. The first kappa shape index (κ1) is 12.1. The molecule has 1 saturated heterocycles. The van der Waals surface area contributed by atoms with Crippen molar-refractivity contribution in [2.75, 3.05) is 5.73 Å². The molecule has 0 bridgehead atoms. The number of aliphatic hydroxyl groups excluding tert-OH is 1. The summed E-state index contributed by atoms with van der Waals surface area (Å²) < 4.78 is 7.37. The average molecular weight is 265 g/mol. The molecule has 2 aromatic rings. The maximum Gasteiger partial charge on any atom is 0.280 e. The molecule has 1 aliphatic rings. The Bertz CT molecular complexity index is 664. The van der Waals surface area contributed by atoms with Crippen LogP contribution in [-0.2, 0) is 4.74 Å². The molecule has 2 aromatic heterocycles. The zero-order valence-corrected chi connectivity index (χ0v) is 10.4. The van der Waals surface area contributed by atoms with Gasteiger partial charge in [0, 0.05) is 6.42 Å². The molecule has 4 N–H and O–H groups in total. The molecule has 0 aromatic carbocycles. The van der Waals surface area contributed by atoms with Gasteiger partial charge in [-0.3, -0.25) is 14.3 Å². The highest BCUT2D eigenvalue weighted by Crippen LogP contribution is 2.31. The van der Waals surface area contributed by atoms with Crippen LogP contribution in [-0.4, -0.2) is 36.8 Å². The Morgan fingerprint density at radius 2 is 2.47 bits per heavy atom. The highest BCUT2D eigenvalue weighted by atomic mass is 16.5. The van der Waals surface area contributed by atoms with Crippen LogP contribution in [0.1, 0.15) is 26.0 Å². The van der Waals surface area contributed by atoms with E-state index in [1.54, 1.807) is 4.57 Å². The molecule has 3 atom stereocenters. The number of nitrogens with zero attached hydrogens (tertiary/aromatic N) is 3. The SMILES string of the molecule is CC[C@H]1O[C@@H](n2cnc3c(=O)[nH]c(N)nc32)C[C@H]1O. The molecule has 8 heteroatoms. The van der Waals surface area contributed by atoms with E-state index in [9.17, 15) is 9.90 Å². The van der Waals surface area contributed by atoms with Gasteiger partial charge in [-0.1, -0.05) is 6.92 Å². The van der Waals surface area contributed by atoms with Gasteiger partial charge >= 0.3 is 0 Å². The van der Waals surface area contributed by atoms with E-state index in [-0.39, 0.29) is 29.4 Å². The Morgan fingerprint density at radius 3 is 3.16 bits per heavy atom. The number of aromatic nitrogens is 4. The lowest BCUT2D eigenvalue weighted by Gasteiger charge is -2.13. The number of ether oxygens (including phenoxy) is 1. The summed E-state index contributed by atoms with van der Waals surface area (Å²) in [6.45, 7) is 1.95. The molecular formula is C11H15N5O3. The lowest BCUT2D eigenvalue weighted by Crippen LogP contribution is -2.19. The number of anilines is 1. The lowest BCUT2D eigenvalue weighted by atomic mass is 10.1. The van der Waals surface area contributed by atoms with E-state index in [0.29, 0.717) is 12.1 Å². The Kier molecular flexibility index (Phi) is 2.76. The average Bonchev–Trinajstić information content (AvgIpc) is 2.92. The van der Waals surface area contributed by atoms with Crippen molar-refractivity contribution in [1.82, 2.24) is 19.5 Å². The lowest BCUT2D eigenvalue weighted by molar-refractivity contribution is -0.0183. The van der Waals surface area contributed by atoms with Crippen molar-refractivity contribution in [3.63, 3.8) is 0 Å². The smallest absolute Gasteiger partial charge is 0.280 e. The van der Waals surface area contributed by atoms with Gasteiger partial charge in [-0.05, 0) is 6.42 Å². The number of aromatic amines is 1. The number of aliphatic hydroxyl groups is 1. The predicted molar refractivity (Wildman–Crippen MR) is 67.4 cm³/mol. The van der Waals surface area contributed by atoms with Gasteiger partial charge in [-0.25, -0.2) is 4.98 Å². The maximum atomic E-state index is 11.7. The second kappa shape index (κ2) is 4.32. The summed E-state index contributed by atoms with van der Waals surface area (Å²) in [7, 11) is 0. The largest absolute Gasteiger partial charge is 0.390 e. The van der Waals surface area contributed by atoms with Crippen LogP contribution in [0.5, 0.6) is 0 Å². The quantitative estimate of drug-likeness (QED) is 0.689. The first-order valence-electron chi connectivity index (χ1n) is 6.16. The van der Waals surface area contributed by atoms with Crippen LogP contribution in [0.15, 0.2) is 11.1 Å². The number of imidazole rings is 1. The van der Waals surface area contributed by atoms with Crippen LogP contribution in [0, 0.1) is 0 Å². The van der Waals surface area contributed by atoms with E-state index >= 15 is 0 Å². The zero-order chi connectivity index (χ0) is 13.6. The molecule has 102 valence electrons. The maximum absolute atomic E-state index is 11.7. The van der Waals surface area contributed by atoms with Gasteiger partial charge in [0.1, 0.15) is 6.23 Å². The molecule has 19 heavy (non-hydrogen) atoms. The number of nitrogen functional groups attached to an aromatic ring is 1. The summed E-state index contributed by atoms with van der Waals surface area (Å²) in [5.41, 5.74) is 5.74. The third kappa shape index (κ3) is 1.89. The summed E-state index contributed by atoms with van der Waals surface area (Å²) in [4.78, 5) is 22.2. The molecule has 0 unspecified atom stereocenters. The molecule has 0 aliphatic carbocycles. The zero-order valence-electron chi connectivity index (χ0n) is 10.4. The molecule has 1 fully saturated rings. The number of nitrogens with one attached hydrogen (secondary N) is 1. The molecule has 0 saturated carbocycles. The second-order valence-electron chi connectivity index (χ2n) is 4.62. The Hall–Kier alpha value is -1.93. The first-order valence-corrected chi connectivity index (χ1v) is 6.16. The molecular weight excluding hydrogens is 250 g/mol. The van der Waals surface area contributed by atoms with E-state index in [2.05, 4.69) is 15.0 Å². The van der Waals surface area contributed by atoms with E-state index in [1.807, 2.05) is 6.92 Å². The minimum Gasteiger partial charge on any atom is -0.390 e. The van der Waals surface area contributed by atoms with Gasteiger partial charge < -0.3 is 15.6 Å². The number of hydrogen-bond acceptors (Lipinski definition) is 6. The van der Waals surface area contributed by atoms with Crippen LogP contribution in [0.25, 0.3) is 11.2 Å². The monoisotopic (exact) mass is 265 g/mol. The fourth-order valence-corrected chi connectivity index (χ4v) is 2.41. The Labute approximate surface area is 108 Å². The first-order chi connectivity index (χ1) is 9.10. The third-order valence-corrected chi connectivity index (χ3v) is 3.37. The van der Waals surface area contributed by atoms with Crippen molar-refractivity contribution in [3.05, 3.63) is 16.7 Å². The van der Waals surface area contributed by atoms with Crippen molar-refractivity contribution >= 4 is 17.1 Å². The number of H-pyrrole nitrogens is 1. The van der Waals surface area contributed by atoms with Gasteiger partial charge in [0.2, 0.25) is 5.95 Å². The number of fused-ring (bicyclic) bond motifs is 1. The van der Waals surface area contributed by atoms with Crippen molar-refractivity contribution in [2.24, 2.45) is 0 Å². The topological polar surface area (TPSA) is 119 Å². The van der Waals surface area contributed by atoms with Crippen molar-refractivity contribution in [2.45, 2.75) is 38.2 Å². The predicted octanol–water partition coefficient (Wildman–Crippen LogP) is -0.240. The number of rotatable bonds is 2. The molecule has 0 amide bonds. The standard InChI is InChI=1S/C11H15N5O3/c1-2-6-5(17)3-7(19-6)16-4-13-8-9(16)14-11(12)15-10(8)18/h4-7,17H,2-3H2,1H3,(H3,12,14,15,18)/t5-,6-,7-/m1/s1. The van der Waals surface area contributed by atoms with Crippen LogP contribution in [0.3, 0.4) is 0 Å². The fourth-order valence-electron chi connectivity index (χ4n) is 2.41. The van der Waals surface area contributed by atoms with Crippen LogP contribution in [0.4, 0.5) is 5.95 Å². The van der Waals surface area contributed by atoms with Crippen molar-refractivity contribution in [1.29, 1.82) is 0 Å². The Morgan fingerprint density at radius 1 is 1.68 bits per heavy atom. The van der Waals surface area contributed by atoms with Crippen molar-refractivity contribution < 1.29 is 9.84 Å². The molecule has 3 heterocycles. The summed E-state index contributed by atoms with van der Waals surface area (Å²) in [6, 6.07) is 0. The summed E-state index contributed by atoms with van der Waals surface area (Å²) >= 11 is 0. The van der Waals surface area contributed by atoms with Gasteiger partial charge in [0.05, 0.1) is 18.5 Å². The van der Waals surface area contributed by atoms with Gasteiger partial charge in [0.15, 0.2) is 11.2 Å². The molecule has 3 rings (SSSR count). The van der Waals surface area contributed by atoms with Crippen LogP contribution in [0.2, 0.25) is 0 Å².